The zero-order valence-electron chi connectivity index (χ0n) is 10.7. The van der Waals surface area contributed by atoms with Gasteiger partial charge in [0.2, 0.25) is 0 Å². The predicted octanol–water partition coefficient (Wildman–Crippen LogP) is 2.49. The standard InChI is InChI=1S/C13H18Cl2N2O2/c1-2-5-16-13(19)11-6-9(3-4-12(11)15)17-8-10(18)7-14/h3-4,6,10,17-18H,2,5,7-8H2,1H3,(H,16,19). The Morgan fingerprint density at radius 1 is 1.47 bits per heavy atom. The lowest BCUT2D eigenvalue weighted by Crippen LogP contribution is -2.25. The van der Waals surface area contributed by atoms with E-state index in [0.29, 0.717) is 23.7 Å². The number of nitrogens with one attached hydrogen (secondary N) is 2. The van der Waals surface area contributed by atoms with Crippen molar-refractivity contribution < 1.29 is 9.90 Å². The van der Waals surface area contributed by atoms with Crippen LogP contribution < -0.4 is 10.6 Å². The van der Waals surface area contributed by atoms with E-state index in [9.17, 15) is 9.90 Å². The number of amides is 1. The van der Waals surface area contributed by atoms with Crippen molar-refractivity contribution in [1.82, 2.24) is 5.32 Å². The van der Waals surface area contributed by atoms with Crippen LogP contribution in [0.25, 0.3) is 0 Å². The maximum atomic E-state index is 11.9. The number of anilines is 1. The quantitative estimate of drug-likeness (QED) is 0.678. The summed E-state index contributed by atoms with van der Waals surface area (Å²) in [6.07, 6.45) is 0.234. The zero-order chi connectivity index (χ0) is 14.3. The summed E-state index contributed by atoms with van der Waals surface area (Å²) in [5, 5.41) is 15.5. The number of hydrogen-bond acceptors (Lipinski definition) is 3. The third-order valence-electron chi connectivity index (χ3n) is 2.47. The van der Waals surface area contributed by atoms with Gasteiger partial charge in [0.15, 0.2) is 0 Å². The summed E-state index contributed by atoms with van der Waals surface area (Å²) in [6, 6.07) is 5.06. The SMILES string of the molecule is CCCNC(=O)c1cc(NCC(O)CCl)ccc1Cl. The Bertz CT molecular complexity index is 427. The van der Waals surface area contributed by atoms with Crippen molar-refractivity contribution in [2.24, 2.45) is 0 Å². The van der Waals surface area contributed by atoms with Crippen LogP contribution in [0.4, 0.5) is 5.69 Å². The Hall–Kier alpha value is -0.970. The number of benzene rings is 1. The monoisotopic (exact) mass is 304 g/mol. The first-order chi connectivity index (χ1) is 9.08. The molecular weight excluding hydrogens is 287 g/mol. The summed E-state index contributed by atoms with van der Waals surface area (Å²) in [5.74, 6) is -0.0434. The molecule has 1 unspecified atom stereocenters. The zero-order valence-corrected chi connectivity index (χ0v) is 12.3. The number of aliphatic hydroxyl groups is 1. The molecule has 0 aromatic heterocycles. The predicted molar refractivity (Wildman–Crippen MR) is 79.3 cm³/mol. The summed E-state index contributed by atoms with van der Waals surface area (Å²) in [7, 11) is 0. The van der Waals surface area contributed by atoms with Crippen molar-refractivity contribution in [2.75, 3.05) is 24.3 Å². The van der Waals surface area contributed by atoms with Crippen molar-refractivity contribution in [2.45, 2.75) is 19.4 Å². The topological polar surface area (TPSA) is 61.4 Å². The van der Waals surface area contributed by atoms with Gasteiger partial charge in [0.05, 0.1) is 22.6 Å². The highest BCUT2D eigenvalue weighted by atomic mass is 35.5. The van der Waals surface area contributed by atoms with Gasteiger partial charge >= 0.3 is 0 Å². The van der Waals surface area contributed by atoms with E-state index in [4.69, 9.17) is 23.2 Å². The maximum absolute atomic E-state index is 11.9. The molecule has 19 heavy (non-hydrogen) atoms. The molecule has 0 saturated heterocycles. The van der Waals surface area contributed by atoms with Crippen molar-refractivity contribution in [3.8, 4) is 0 Å². The Kier molecular flexibility index (Phi) is 6.99. The summed E-state index contributed by atoms with van der Waals surface area (Å²) in [4.78, 5) is 11.9. The minimum atomic E-state index is -0.630. The molecule has 1 aromatic rings. The van der Waals surface area contributed by atoms with E-state index in [1.54, 1.807) is 18.2 Å². The van der Waals surface area contributed by atoms with E-state index in [-0.39, 0.29) is 11.8 Å². The van der Waals surface area contributed by atoms with Crippen LogP contribution in [0.5, 0.6) is 0 Å². The van der Waals surface area contributed by atoms with Crippen LogP contribution in [0.3, 0.4) is 0 Å². The van der Waals surface area contributed by atoms with Gasteiger partial charge in [-0.1, -0.05) is 18.5 Å². The molecule has 1 atom stereocenters. The van der Waals surface area contributed by atoms with Crippen molar-refractivity contribution in [1.29, 1.82) is 0 Å². The number of rotatable bonds is 7. The van der Waals surface area contributed by atoms with E-state index in [0.717, 1.165) is 12.1 Å². The van der Waals surface area contributed by atoms with Gasteiger partial charge in [-0.15, -0.1) is 11.6 Å². The van der Waals surface area contributed by atoms with Crippen LogP contribution in [0.2, 0.25) is 5.02 Å². The number of carbonyl (C=O) groups is 1. The average molecular weight is 305 g/mol. The van der Waals surface area contributed by atoms with E-state index in [2.05, 4.69) is 10.6 Å². The number of hydrogen-bond donors (Lipinski definition) is 3. The van der Waals surface area contributed by atoms with E-state index >= 15 is 0 Å². The molecule has 1 aromatic carbocycles. The van der Waals surface area contributed by atoms with Crippen LogP contribution in [0, 0.1) is 0 Å². The van der Waals surface area contributed by atoms with Gasteiger partial charge in [-0.2, -0.15) is 0 Å². The van der Waals surface area contributed by atoms with Crippen molar-refractivity contribution in [3.05, 3.63) is 28.8 Å². The summed E-state index contributed by atoms with van der Waals surface area (Å²) in [6.45, 7) is 2.91. The molecule has 0 bridgehead atoms. The van der Waals surface area contributed by atoms with Crippen LogP contribution >= 0.6 is 23.2 Å². The molecule has 3 N–H and O–H groups in total. The molecule has 0 aliphatic carbocycles. The second kappa shape index (κ2) is 8.25. The minimum absolute atomic E-state index is 0.157. The van der Waals surface area contributed by atoms with Crippen LogP contribution in [-0.2, 0) is 0 Å². The molecule has 6 heteroatoms. The Labute approximate surface area is 123 Å². The summed E-state index contributed by atoms with van der Waals surface area (Å²) < 4.78 is 0. The summed E-state index contributed by atoms with van der Waals surface area (Å²) in [5.41, 5.74) is 1.13. The van der Waals surface area contributed by atoms with E-state index < -0.39 is 6.10 Å². The fourth-order valence-electron chi connectivity index (χ4n) is 1.43. The van der Waals surface area contributed by atoms with Gasteiger partial charge < -0.3 is 15.7 Å². The largest absolute Gasteiger partial charge is 0.390 e. The van der Waals surface area contributed by atoms with Gasteiger partial charge in [0.1, 0.15) is 0 Å². The molecule has 0 radical (unpaired) electrons. The number of halogens is 2. The molecule has 1 amide bonds. The molecule has 0 fully saturated rings. The van der Waals surface area contributed by atoms with Gasteiger partial charge in [-0.05, 0) is 24.6 Å². The minimum Gasteiger partial charge on any atom is -0.390 e. The Morgan fingerprint density at radius 3 is 2.84 bits per heavy atom. The molecule has 106 valence electrons. The first-order valence-electron chi connectivity index (χ1n) is 6.14. The molecule has 0 aliphatic heterocycles. The molecule has 0 spiro atoms. The Morgan fingerprint density at radius 2 is 2.21 bits per heavy atom. The lowest BCUT2D eigenvalue weighted by atomic mass is 10.1. The van der Waals surface area contributed by atoms with Gasteiger partial charge in [0.25, 0.3) is 5.91 Å². The summed E-state index contributed by atoms with van der Waals surface area (Å²) >= 11 is 11.5. The van der Waals surface area contributed by atoms with Crippen LogP contribution in [0.15, 0.2) is 18.2 Å². The second-order valence-corrected chi connectivity index (χ2v) is 4.86. The Balaban J connectivity index is 2.73. The lowest BCUT2D eigenvalue weighted by Gasteiger charge is -2.12. The highest BCUT2D eigenvalue weighted by molar-refractivity contribution is 6.34. The first-order valence-corrected chi connectivity index (χ1v) is 7.05. The first kappa shape index (κ1) is 16.1. The highest BCUT2D eigenvalue weighted by Crippen LogP contribution is 2.20. The van der Waals surface area contributed by atoms with Crippen molar-refractivity contribution in [3.63, 3.8) is 0 Å². The number of alkyl halides is 1. The van der Waals surface area contributed by atoms with Gasteiger partial charge in [-0.25, -0.2) is 0 Å². The number of carbonyl (C=O) groups excluding carboxylic acids is 1. The second-order valence-electron chi connectivity index (χ2n) is 4.14. The normalized spacial score (nSPS) is 12.0. The lowest BCUT2D eigenvalue weighted by molar-refractivity contribution is 0.0954. The fraction of sp³-hybridized carbons (Fsp3) is 0.462. The highest BCUT2D eigenvalue weighted by Gasteiger charge is 2.11. The fourth-order valence-corrected chi connectivity index (χ4v) is 1.75. The molecule has 0 saturated carbocycles. The van der Waals surface area contributed by atoms with Crippen LogP contribution in [-0.4, -0.2) is 36.1 Å². The molecule has 0 heterocycles. The van der Waals surface area contributed by atoms with Crippen LogP contribution in [0.1, 0.15) is 23.7 Å². The molecular formula is C13H18Cl2N2O2. The van der Waals surface area contributed by atoms with Gasteiger partial charge in [-0.3, -0.25) is 4.79 Å². The van der Waals surface area contributed by atoms with E-state index in [1.807, 2.05) is 6.92 Å². The van der Waals surface area contributed by atoms with Crippen molar-refractivity contribution >= 4 is 34.8 Å². The third kappa shape index (κ3) is 5.27. The number of aliphatic hydroxyl groups excluding tert-OH is 1. The molecule has 0 aliphatic rings. The average Bonchev–Trinajstić information content (AvgIpc) is 2.43. The molecule has 4 nitrogen and oxygen atoms in total. The molecule has 1 rings (SSSR count). The maximum Gasteiger partial charge on any atom is 0.252 e. The third-order valence-corrected chi connectivity index (χ3v) is 3.15. The van der Waals surface area contributed by atoms with E-state index in [1.165, 1.54) is 0 Å². The van der Waals surface area contributed by atoms with Gasteiger partial charge in [0, 0.05) is 18.8 Å². The smallest absolute Gasteiger partial charge is 0.252 e.